The molecule has 0 spiro atoms. The molecular formula is C19H22N4O2. The van der Waals surface area contributed by atoms with E-state index in [4.69, 9.17) is 4.74 Å². The summed E-state index contributed by atoms with van der Waals surface area (Å²) in [5.74, 6) is 0.630. The lowest BCUT2D eigenvalue weighted by atomic mass is 10.2. The third-order valence-electron chi connectivity index (χ3n) is 4.10. The molecule has 0 aliphatic heterocycles. The van der Waals surface area contributed by atoms with Crippen LogP contribution < -0.4 is 5.32 Å². The first-order valence-electron chi connectivity index (χ1n) is 8.43. The van der Waals surface area contributed by atoms with E-state index in [0.717, 1.165) is 28.8 Å². The number of carbonyl (C=O) groups is 1. The van der Waals surface area contributed by atoms with Gasteiger partial charge in [-0.2, -0.15) is 0 Å². The number of imidazole rings is 1. The summed E-state index contributed by atoms with van der Waals surface area (Å²) in [6.45, 7) is 4.44. The number of fused-ring (bicyclic) bond motifs is 1. The van der Waals surface area contributed by atoms with Gasteiger partial charge in [0.2, 0.25) is 5.91 Å². The summed E-state index contributed by atoms with van der Waals surface area (Å²) in [4.78, 5) is 20.9. The number of carbonyl (C=O) groups excluding carboxylic acids is 1. The fraction of sp³-hybridized carbons (Fsp3) is 0.316. The Morgan fingerprint density at radius 2 is 2.08 bits per heavy atom. The average Bonchev–Trinajstić information content (AvgIpc) is 3.08. The molecule has 2 heterocycles. The molecule has 0 bridgehead atoms. The summed E-state index contributed by atoms with van der Waals surface area (Å²) in [6.07, 6.45) is 4.46. The van der Waals surface area contributed by atoms with Gasteiger partial charge in [0.15, 0.2) is 0 Å². The Morgan fingerprint density at radius 1 is 1.24 bits per heavy atom. The van der Waals surface area contributed by atoms with E-state index in [1.807, 2.05) is 54.8 Å². The number of aromatic nitrogens is 3. The van der Waals surface area contributed by atoms with Crippen molar-refractivity contribution in [2.45, 2.75) is 32.9 Å². The Morgan fingerprint density at radius 3 is 2.92 bits per heavy atom. The van der Waals surface area contributed by atoms with Gasteiger partial charge in [-0.1, -0.05) is 25.1 Å². The monoisotopic (exact) mass is 338 g/mol. The Hall–Kier alpha value is -2.73. The minimum atomic E-state index is -0.134. The molecule has 25 heavy (non-hydrogen) atoms. The maximum absolute atomic E-state index is 12.0. The van der Waals surface area contributed by atoms with E-state index < -0.39 is 0 Å². The lowest BCUT2D eigenvalue weighted by molar-refractivity contribution is -0.127. The molecule has 3 rings (SSSR count). The zero-order chi connectivity index (χ0) is 17.6. The number of ether oxygens (including phenoxy) is 1. The minimum Gasteiger partial charge on any atom is -0.369 e. The zero-order valence-corrected chi connectivity index (χ0v) is 14.5. The summed E-state index contributed by atoms with van der Waals surface area (Å²) < 4.78 is 7.40. The van der Waals surface area contributed by atoms with Crippen LogP contribution in [0.5, 0.6) is 0 Å². The summed E-state index contributed by atoms with van der Waals surface area (Å²) in [7, 11) is 0. The normalized spacial score (nSPS) is 12.2. The third kappa shape index (κ3) is 4.03. The zero-order valence-electron chi connectivity index (χ0n) is 14.5. The van der Waals surface area contributed by atoms with Crippen molar-refractivity contribution >= 4 is 16.9 Å². The van der Waals surface area contributed by atoms with Gasteiger partial charge in [-0.15, -0.1) is 0 Å². The number of para-hydroxylation sites is 2. The molecule has 0 saturated heterocycles. The van der Waals surface area contributed by atoms with E-state index in [2.05, 4.69) is 15.3 Å². The van der Waals surface area contributed by atoms with Crippen molar-refractivity contribution < 1.29 is 9.53 Å². The molecule has 6 nitrogen and oxygen atoms in total. The average molecular weight is 338 g/mol. The largest absolute Gasteiger partial charge is 0.369 e. The molecule has 1 N–H and O–H groups in total. The van der Waals surface area contributed by atoms with Crippen LogP contribution in [0.15, 0.2) is 48.9 Å². The van der Waals surface area contributed by atoms with Gasteiger partial charge < -0.3 is 10.1 Å². The van der Waals surface area contributed by atoms with Gasteiger partial charge in [0.25, 0.3) is 0 Å². The highest BCUT2D eigenvalue weighted by Gasteiger charge is 2.11. The van der Waals surface area contributed by atoms with Crippen molar-refractivity contribution in [3.8, 4) is 5.82 Å². The molecule has 3 aromatic rings. The van der Waals surface area contributed by atoms with Gasteiger partial charge in [-0.3, -0.25) is 9.36 Å². The Kier molecular flexibility index (Phi) is 5.40. The van der Waals surface area contributed by atoms with Gasteiger partial charge in [0.1, 0.15) is 18.8 Å². The molecule has 0 fully saturated rings. The lowest BCUT2D eigenvalue weighted by Gasteiger charge is -2.13. The van der Waals surface area contributed by atoms with Crippen LogP contribution in [0.3, 0.4) is 0 Å². The third-order valence-corrected chi connectivity index (χ3v) is 4.10. The van der Waals surface area contributed by atoms with E-state index >= 15 is 0 Å². The molecule has 0 radical (unpaired) electrons. The second kappa shape index (κ2) is 7.90. The fourth-order valence-corrected chi connectivity index (χ4v) is 2.49. The van der Waals surface area contributed by atoms with Crippen LogP contribution in [0, 0.1) is 0 Å². The molecule has 130 valence electrons. The number of benzene rings is 1. The van der Waals surface area contributed by atoms with Crippen molar-refractivity contribution in [2.24, 2.45) is 0 Å². The molecule has 0 unspecified atom stereocenters. The van der Waals surface area contributed by atoms with Gasteiger partial charge in [0.05, 0.1) is 17.1 Å². The van der Waals surface area contributed by atoms with Crippen LogP contribution in [-0.2, 0) is 16.1 Å². The van der Waals surface area contributed by atoms with Crippen LogP contribution in [0.1, 0.15) is 25.8 Å². The maximum atomic E-state index is 12.0. The first-order valence-corrected chi connectivity index (χ1v) is 8.43. The number of nitrogens with one attached hydrogen (secondary N) is 1. The molecule has 0 aliphatic rings. The summed E-state index contributed by atoms with van der Waals surface area (Å²) >= 11 is 0. The summed E-state index contributed by atoms with van der Waals surface area (Å²) in [5.41, 5.74) is 2.81. The lowest BCUT2D eigenvalue weighted by Crippen LogP contribution is -2.29. The Bertz CT molecular complexity index is 859. The molecule has 1 atom stereocenters. The van der Waals surface area contributed by atoms with Crippen LogP contribution in [-0.4, -0.2) is 33.2 Å². The van der Waals surface area contributed by atoms with Crippen LogP contribution >= 0.6 is 0 Å². The highest BCUT2D eigenvalue weighted by Crippen LogP contribution is 2.19. The fourth-order valence-electron chi connectivity index (χ4n) is 2.49. The highest BCUT2D eigenvalue weighted by molar-refractivity contribution is 5.78. The van der Waals surface area contributed by atoms with Crippen molar-refractivity contribution in [1.29, 1.82) is 0 Å². The number of pyridine rings is 1. The Balaban J connectivity index is 1.75. The van der Waals surface area contributed by atoms with Crippen molar-refractivity contribution in [3.63, 3.8) is 0 Å². The van der Waals surface area contributed by atoms with E-state index in [0.29, 0.717) is 6.54 Å². The second-order valence-corrected chi connectivity index (χ2v) is 5.90. The molecule has 6 heteroatoms. The second-order valence-electron chi connectivity index (χ2n) is 5.90. The number of hydrogen-bond acceptors (Lipinski definition) is 4. The van der Waals surface area contributed by atoms with E-state index in [1.54, 1.807) is 12.5 Å². The smallest absolute Gasteiger partial charge is 0.246 e. The summed E-state index contributed by atoms with van der Waals surface area (Å²) in [6, 6.07) is 11.7. The number of hydrogen-bond donors (Lipinski definition) is 1. The number of nitrogens with zero attached hydrogens (tertiary/aromatic N) is 3. The molecule has 0 aliphatic carbocycles. The topological polar surface area (TPSA) is 69.0 Å². The van der Waals surface area contributed by atoms with Crippen molar-refractivity contribution in [2.75, 3.05) is 6.61 Å². The van der Waals surface area contributed by atoms with Gasteiger partial charge >= 0.3 is 0 Å². The predicted octanol–water partition coefficient (Wildman–Crippen LogP) is 2.85. The van der Waals surface area contributed by atoms with Crippen molar-refractivity contribution in [3.05, 3.63) is 54.5 Å². The standard InChI is InChI=1S/C19H22N4O2/c1-3-14(2)25-12-18(24)21-11-15-7-6-10-20-19(15)23-13-22-16-8-4-5-9-17(16)23/h4-10,13-14H,3,11-12H2,1-2H3,(H,21,24)/t14-/m1/s1. The van der Waals surface area contributed by atoms with E-state index in [-0.39, 0.29) is 18.6 Å². The number of rotatable bonds is 7. The minimum absolute atomic E-state index is 0.0681. The molecule has 2 aromatic heterocycles. The molecule has 0 saturated carbocycles. The van der Waals surface area contributed by atoms with Crippen molar-refractivity contribution in [1.82, 2.24) is 19.9 Å². The van der Waals surface area contributed by atoms with Crippen LogP contribution in [0.2, 0.25) is 0 Å². The Labute approximate surface area is 146 Å². The highest BCUT2D eigenvalue weighted by atomic mass is 16.5. The predicted molar refractivity (Wildman–Crippen MR) is 96.4 cm³/mol. The van der Waals surface area contributed by atoms with Gasteiger partial charge in [-0.25, -0.2) is 9.97 Å². The quantitative estimate of drug-likeness (QED) is 0.719. The first-order chi connectivity index (χ1) is 12.2. The molecular weight excluding hydrogens is 316 g/mol. The maximum Gasteiger partial charge on any atom is 0.246 e. The van der Waals surface area contributed by atoms with Crippen LogP contribution in [0.4, 0.5) is 0 Å². The summed E-state index contributed by atoms with van der Waals surface area (Å²) in [5, 5.41) is 2.89. The first kappa shape index (κ1) is 17.1. The van der Waals surface area contributed by atoms with Gasteiger partial charge in [0, 0.05) is 18.3 Å². The molecule has 1 aromatic carbocycles. The van der Waals surface area contributed by atoms with Gasteiger partial charge in [-0.05, 0) is 31.5 Å². The van der Waals surface area contributed by atoms with E-state index in [9.17, 15) is 4.79 Å². The molecule has 1 amide bonds. The van der Waals surface area contributed by atoms with E-state index in [1.165, 1.54) is 0 Å². The SMILES string of the molecule is CC[C@@H](C)OCC(=O)NCc1cccnc1-n1cnc2ccccc21. The number of amides is 1. The van der Waals surface area contributed by atoms with Crippen LogP contribution in [0.25, 0.3) is 16.9 Å².